The van der Waals surface area contributed by atoms with Crippen LogP contribution in [0.15, 0.2) is 47.4 Å². The van der Waals surface area contributed by atoms with Gasteiger partial charge in [-0.2, -0.15) is 0 Å². The van der Waals surface area contributed by atoms with E-state index >= 15 is 0 Å². The number of rotatable bonds is 4. The summed E-state index contributed by atoms with van der Waals surface area (Å²) in [7, 11) is -3.76. The standard InChI is InChI=1S/C21H22N2O5S/c1-14(11-21(25)23-10-4-6-15-5-2-3-7-18(15)23)29(26,27)16-8-9-19-17(12-16)22-20(24)13-28-19/h2-3,5,7-9,12,14H,4,6,10-11,13H2,1H3,(H,22,24)/t14-/m1/s1. The molecule has 2 aliphatic heterocycles. The molecule has 2 amide bonds. The molecule has 0 radical (unpaired) electrons. The van der Waals surface area contributed by atoms with Gasteiger partial charge in [0, 0.05) is 18.7 Å². The van der Waals surface area contributed by atoms with Crippen LogP contribution in [0, 0.1) is 0 Å². The fourth-order valence-electron chi connectivity index (χ4n) is 3.73. The molecule has 2 aliphatic rings. The minimum atomic E-state index is -3.76. The van der Waals surface area contributed by atoms with E-state index in [1.165, 1.54) is 25.1 Å². The number of carbonyl (C=O) groups excluding carboxylic acids is 2. The van der Waals surface area contributed by atoms with E-state index in [0.717, 1.165) is 24.1 Å². The predicted molar refractivity (Wildman–Crippen MR) is 109 cm³/mol. The Labute approximate surface area is 169 Å². The topological polar surface area (TPSA) is 92.8 Å². The Kier molecular flexibility index (Phi) is 5.04. The summed E-state index contributed by atoms with van der Waals surface area (Å²) in [6.45, 7) is 2.03. The van der Waals surface area contributed by atoms with Gasteiger partial charge in [-0.05, 0) is 49.6 Å². The van der Waals surface area contributed by atoms with Crippen molar-refractivity contribution in [3.8, 4) is 5.75 Å². The molecule has 7 nitrogen and oxygen atoms in total. The molecule has 2 aromatic rings. The third-order valence-electron chi connectivity index (χ3n) is 5.32. The first-order valence-corrected chi connectivity index (χ1v) is 11.1. The number of benzene rings is 2. The zero-order valence-electron chi connectivity index (χ0n) is 16.1. The molecule has 4 rings (SSSR count). The number of carbonyl (C=O) groups is 2. The number of ether oxygens (including phenoxy) is 1. The van der Waals surface area contributed by atoms with Crippen LogP contribution < -0.4 is 15.0 Å². The number of amides is 2. The first kappa shape index (κ1) is 19.4. The van der Waals surface area contributed by atoms with Crippen molar-refractivity contribution in [1.82, 2.24) is 0 Å². The zero-order valence-corrected chi connectivity index (χ0v) is 16.9. The molecule has 0 saturated heterocycles. The van der Waals surface area contributed by atoms with E-state index in [2.05, 4.69) is 5.32 Å². The average Bonchev–Trinajstić information content (AvgIpc) is 2.72. The van der Waals surface area contributed by atoms with Gasteiger partial charge < -0.3 is 15.0 Å². The molecule has 1 N–H and O–H groups in total. The lowest BCUT2D eigenvalue weighted by molar-refractivity contribution is -0.119. The van der Waals surface area contributed by atoms with Crippen LogP contribution in [0.25, 0.3) is 0 Å². The van der Waals surface area contributed by atoms with Crippen molar-refractivity contribution in [2.75, 3.05) is 23.4 Å². The van der Waals surface area contributed by atoms with Gasteiger partial charge in [0.2, 0.25) is 5.91 Å². The maximum absolute atomic E-state index is 13.0. The Bertz CT molecular complexity index is 1080. The van der Waals surface area contributed by atoms with Gasteiger partial charge in [-0.15, -0.1) is 0 Å². The maximum atomic E-state index is 13.0. The van der Waals surface area contributed by atoms with Crippen LogP contribution in [0.5, 0.6) is 5.75 Å². The quantitative estimate of drug-likeness (QED) is 0.830. The van der Waals surface area contributed by atoms with Crippen LogP contribution >= 0.6 is 0 Å². The second kappa shape index (κ2) is 7.51. The van der Waals surface area contributed by atoms with E-state index in [1.54, 1.807) is 4.90 Å². The summed E-state index contributed by atoms with van der Waals surface area (Å²) in [4.78, 5) is 26.2. The van der Waals surface area contributed by atoms with Gasteiger partial charge in [0.1, 0.15) is 5.75 Å². The molecule has 0 saturated carbocycles. The molecule has 0 bridgehead atoms. The molecule has 1 atom stereocenters. The zero-order chi connectivity index (χ0) is 20.6. The lowest BCUT2D eigenvalue weighted by Crippen LogP contribution is -2.38. The highest BCUT2D eigenvalue weighted by Gasteiger charge is 2.31. The smallest absolute Gasteiger partial charge is 0.262 e. The van der Waals surface area contributed by atoms with Gasteiger partial charge >= 0.3 is 0 Å². The molecular formula is C21H22N2O5S. The van der Waals surface area contributed by atoms with E-state index in [1.807, 2.05) is 24.3 Å². The molecule has 0 fully saturated rings. The van der Waals surface area contributed by atoms with Crippen LogP contribution in [0.4, 0.5) is 11.4 Å². The maximum Gasteiger partial charge on any atom is 0.262 e. The van der Waals surface area contributed by atoms with Crippen molar-refractivity contribution in [2.45, 2.75) is 36.3 Å². The van der Waals surface area contributed by atoms with Gasteiger partial charge in [0.25, 0.3) is 5.91 Å². The van der Waals surface area contributed by atoms with Crippen LogP contribution in [0.1, 0.15) is 25.3 Å². The summed E-state index contributed by atoms with van der Waals surface area (Å²) in [5.74, 6) is -0.112. The molecule has 2 aromatic carbocycles. The molecule has 29 heavy (non-hydrogen) atoms. The molecule has 0 unspecified atom stereocenters. The highest BCUT2D eigenvalue weighted by Crippen LogP contribution is 2.32. The van der Waals surface area contributed by atoms with Crippen LogP contribution in [0.2, 0.25) is 0 Å². The van der Waals surface area contributed by atoms with E-state index in [-0.39, 0.29) is 29.7 Å². The van der Waals surface area contributed by atoms with Gasteiger partial charge in [-0.1, -0.05) is 18.2 Å². The second-order valence-corrected chi connectivity index (χ2v) is 9.70. The van der Waals surface area contributed by atoms with Crippen LogP contribution in [-0.2, 0) is 25.8 Å². The molecule has 0 aromatic heterocycles. The molecule has 8 heteroatoms. The Morgan fingerprint density at radius 1 is 1.24 bits per heavy atom. The van der Waals surface area contributed by atoms with E-state index < -0.39 is 15.1 Å². The largest absolute Gasteiger partial charge is 0.482 e. The number of nitrogens with one attached hydrogen (secondary N) is 1. The molecule has 0 aliphatic carbocycles. The Hall–Kier alpha value is -2.87. The Morgan fingerprint density at radius 2 is 2.03 bits per heavy atom. The fourth-order valence-corrected chi connectivity index (χ4v) is 5.10. The lowest BCUT2D eigenvalue weighted by Gasteiger charge is -2.30. The fraction of sp³-hybridized carbons (Fsp3) is 0.333. The number of para-hydroxylation sites is 1. The predicted octanol–water partition coefficient (Wildman–Crippen LogP) is 2.55. The van der Waals surface area contributed by atoms with Crippen LogP contribution in [-0.4, -0.2) is 38.6 Å². The number of hydrogen-bond acceptors (Lipinski definition) is 5. The number of sulfone groups is 1. The van der Waals surface area contributed by atoms with E-state index in [9.17, 15) is 18.0 Å². The van der Waals surface area contributed by atoms with Crippen LogP contribution in [0.3, 0.4) is 0 Å². The summed E-state index contributed by atoms with van der Waals surface area (Å²) >= 11 is 0. The monoisotopic (exact) mass is 414 g/mol. The van der Waals surface area contributed by atoms with E-state index in [4.69, 9.17) is 4.74 Å². The second-order valence-electron chi connectivity index (χ2n) is 7.33. The van der Waals surface area contributed by atoms with Gasteiger partial charge in [0.15, 0.2) is 16.4 Å². The molecule has 0 spiro atoms. The summed E-state index contributed by atoms with van der Waals surface area (Å²) in [6, 6.07) is 12.1. The van der Waals surface area contributed by atoms with Gasteiger partial charge in [0.05, 0.1) is 15.8 Å². The van der Waals surface area contributed by atoms with Crippen molar-refractivity contribution >= 4 is 33.0 Å². The number of anilines is 2. The first-order chi connectivity index (χ1) is 13.9. The number of aryl methyl sites for hydroxylation is 1. The van der Waals surface area contributed by atoms with Crippen molar-refractivity contribution in [3.63, 3.8) is 0 Å². The highest BCUT2D eigenvalue weighted by atomic mass is 32.2. The molecule has 152 valence electrons. The average molecular weight is 414 g/mol. The lowest BCUT2D eigenvalue weighted by atomic mass is 10.0. The van der Waals surface area contributed by atoms with Gasteiger partial charge in [-0.3, -0.25) is 9.59 Å². The third-order valence-corrected chi connectivity index (χ3v) is 7.45. The molecule has 2 heterocycles. The van der Waals surface area contributed by atoms with Gasteiger partial charge in [-0.25, -0.2) is 8.42 Å². The van der Waals surface area contributed by atoms with Crippen molar-refractivity contribution in [1.29, 1.82) is 0 Å². The first-order valence-electron chi connectivity index (χ1n) is 9.55. The van der Waals surface area contributed by atoms with Crippen molar-refractivity contribution < 1.29 is 22.7 Å². The van der Waals surface area contributed by atoms with Crippen molar-refractivity contribution in [3.05, 3.63) is 48.0 Å². The van der Waals surface area contributed by atoms with Crippen molar-refractivity contribution in [2.24, 2.45) is 0 Å². The SMILES string of the molecule is C[C@H](CC(=O)N1CCCc2ccccc21)S(=O)(=O)c1ccc2c(c1)NC(=O)CO2. The minimum Gasteiger partial charge on any atom is -0.482 e. The summed E-state index contributed by atoms with van der Waals surface area (Å²) in [5.41, 5.74) is 2.29. The normalized spacial score (nSPS) is 16.9. The summed E-state index contributed by atoms with van der Waals surface area (Å²) in [6.07, 6.45) is 1.65. The number of fused-ring (bicyclic) bond motifs is 2. The Balaban J connectivity index is 1.54. The summed E-state index contributed by atoms with van der Waals surface area (Å²) in [5, 5.41) is 1.71. The highest BCUT2D eigenvalue weighted by molar-refractivity contribution is 7.92. The number of nitrogens with zero attached hydrogens (tertiary/aromatic N) is 1. The minimum absolute atomic E-state index is 0.0568. The van der Waals surface area contributed by atoms with E-state index in [0.29, 0.717) is 18.0 Å². The number of hydrogen-bond donors (Lipinski definition) is 1. The Morgan fingerprint density at radius 3 is 2.86 bits per heavy atom. The molecular weight excluding hydrogens is 392 g/mol. The third kappa shape index (κ3) is 3.72. The summed E-state index contributed by atoms with van der Waals surface area (Å²) < 4.78 is 31.4.